The van der Waals surface area contributed by atoms with Gasteiger partial charge in [-0.1, -0.05) is 13.0 Å². The van der Waals surface area contributed by atoms with E-state index in [-0.39, 0.29) is 36.6 Å². The van der Waals surface area contributed by atoms with E-state index in [4.69, 9.17) is 4.55 Å². The summed E-state index contributed by atoms with van der Waals surface area (Å²) < 4.78 is 131. The fourth-order valence-corrected chi connectivity index (χ4v) is 7.36. The van der Waals surface area contributed by atoms with E-state index in [1.807, 2.05) is 0 Å². The van der Waals surface area contributed by atoms with E-state index >= 15 is 0 Å². The molecule has 208 valence electrons. The Labute approximate surface area is 215 Å². The summed E-state index contributed by atoms with van der Waals surface area (Å²) in [5.41, 5.74) is -0.153. The first-order chi connectivity index (χ1) is 16.7. The van der Waals surface area contributed by atoms with Crippen molar-refractivity contribution in [2.75, 3.05) is 23.0 Å². The molecule has 0 aromatic heterocycles. The predicted molar refractivity (Wildman–Crippen MR) is 134 cm³/mol. The van der Waals surface area contributed by atoms with Crippen molar-refractivity contribution in [3.63, 3.8) is 0 Å². The molecule has 1 aliphatic heterocycles. The minimum atomic E-state index is -4.96. The van der Waals surface area contributed by atoms with Gasteiger partial charge < -0.3 is 4.90 Å². The van der Waals surface area contributed by atoms with Crippen LogP contribution in [0, 0.1) is 0 Å². The molecule has 37 heavy (non-hydrogen) atoms. The number of hydrogen-bond donors (Lipinski definition) is 4. The largest absolute Gasteiger partial charge is 0.368 e. The minimum absolute atomic E-state index is 0.00305. The summed E-state index contributed by atoms with van der Waals surface area (Å²) in [6.07, 6.45) is 0.0900. The minimum Gasteiger partial charge on any atom is -0.368 e. The van der Waals surface area contributed by atoms with Gasteiger partial charge in [0.2, 0.25) is 0 Å². The highest BCUT2D eigenvalue weighted by atomic mass is 32.2. The Hall–Kier alpha value is -1.86. The van der Waals surface area contributed by atoms with Gasteiger partial charge in [0.05, 0.1) is 16.4 Å². The first kappa shape index (κ1) is 29.7. The number of rotatable bonds is 10. The summed E-state index contributed by atoms with van der Waals surface area (Å²) in [4.78, 5) is 0.206. The van der Waals surface area contributed by atoms with Gasteiger partial charge in [-0.05, 0) is 55.3 Å². The van der Waals surface area contributed by atoms with Crippen LogP contribution in [0.1, 0.15) is 38.7 Å². The van der Waals surface area contributed by atoms with Gasteiger partial charge in [0.15, 0.2) is 0 Å². The van der Waals surface area contributed by atoms with Crippen molar-refractivity contribution in [3.05, 3.63) is 29.8 Å². The van der Waals surface area contributed by atoms with Gasteiger partial charge in [-0.2, -0.15) is 33.7 Å². The third-order valence-corrected chi connectivity index (χ3v) is 10.1. The Kier molecular flexibility index (Phi) is 7.79. The van der Waals surface area contributed by atoms with Crippen LogP contribution in [-0.4, -0.2) is 76.0 Å². The van der Waals surface area contributed by atoms with Crippen LogP contribution < -0.4 is 4.90 Å². The van der Waals surface area contributed by atoms with E-state index in [1.165, 1.54) is 12.1 Å². The number of anilines is 1. The van der Waals surface area contributed by atoms with Crippen LogP contribution in [0.25, 0.3) is 10.8 Å². The second-order valence-electron chi connectivity index (χ2n) is 9.24. The Morgan fingerprint density at radius 1 is 0.811 bits per heavy atom. The maximum Gasteiger partial charge on any atom is 0.295 e. The fourth-order valence-electron chi connectivity index (χ4n) is 5.01. The Balaban J connectivity index is 2.32. The third-order valence-electron chi connectivity index (χ3n) is 6.79. The van der Waals surface area contributed by atoms with Crippen LogP contribution >= 0.6 is 0 Å². The molecule has 0 fully saturated rings. The normalized spacial score (nSPS) is 20.9. The van der Waals surface area contributed by atoms with Gasteiger partial charge in [-0.25, -0.2) is 0 Å². The zero-order valence-corrected chi connectivity index (χ0v) is 23.0. The number of fused-ring (bicyclic) bond motifs is 3. The molecule has 1 aliphatic rings. The van der Waals surface area contributed by atoms with Gasteiger partial charge in [0, 0.05) is 29.1 Å². The highest BCUT2D eigenvalue weighted by Crippen LogP contribution is 2.52. The molecule has 2 unspecified atom stereocenters. The molecular weight excluding hydrogens is 574 g/mol. The lowest BCUT2D eigenvalue weighted by molar-refractivity contribution is 0.371. The SMILES string of the molecule is CC1N(CCCS(=O)(=O)O)c2ccc3c(S(=O)(=O)O)cc(S(=O)(=O)O)cc3c2C1(C)CCCS(=O)(=O)O. The second kappa shape index (κ2) is 9.71. The lowest BCUT2D eigenvalue weighted by Crippen LogP contribution is -2.42. The van der Waals surface area contributed by atoms with E-state index < -0.39 is 73.2 Å². The van der Waals surface area contributed by atoms with Gasteiger partial charge in [-0.3, -0.25) is 18.2 Å². The third kappa shape index (κ3) is 6.42. The van der Waals surface area contributed by atoms with E-state index in [1.54, 1.807) is 18.7 Å². The first-order valence-corrected chi connectivity index (χ1v) is 17.0. The summed E-state index contributed by atoms with van der Waals surface area (Å²) in [6.45, 7) is 3.58. The second-order valence-corrected chi connectivity index (χ2v) is 15.2. The summed E-state index contributed by atoms with van der Waals surface area (Å²) >= 11 is 0. The average molecular weight is 602 g/mol. The number of benzene rings is 2. The summed E-state index contributed by atoms with van der Waals surface area (Å²) in [6, 6.07) is 4.04. The Bertz CT molecular complexity index is 1670. The molecule has 3 rings (SSSR count). The number of hydrogen-bond acceptors (Lipinski definition) is 9. The number of nitrogens with zero attached hydrogens (tertiary/aromatic N) is 1. The average Bonchev–Trinajstić information content (AvgIpc) is 2.91. The molecule has 0 saturated carbocycles. The molecule has 2 aromatic carbocycles. The molecule has 17 heteroatoms. The van der Waals surface area contributed by atoms with E-state index in [0.29, 0.717) is 17.3 Å². The van der Waals surface area contributed by atoms with Crippen LogP contribution in [0.4, 0.5) is 5.69 Å². The molecule has 13 nitrogen and oxygen atoms in total. The van der Waals surface area contributed by atoms with Crippen LogP contribution in [0.15, 0.2) is 34.1 Å². The molecular formula is C20H27NO12S4. The lowest BCUT2D eigenvalue weighted by Gasteiger charge is -2.35. The van der Waals surface area contributed by atoms with Crippen LogP contribution in [0.3, 0.4) is 0 Å². The van der Waals surface area contributed by atoms with Crippen LogP contribution in [0.5, 0.6) is 0 Å². The monoisotopic (exact) mass is 601 g/mol. The topological polar surface area (TPSA) is 221 Å². The zero-order valence-electron chi connectivity index (χ0n) is 19.8. The van der Waals surface area contributed by atoms with Crippen molar-refractivity contribution in [2.45, 2.75) is 54.4 Å². The van der Waals surface area contributed by atoms with Gasteiger partial charge in [0.25, 0.3) is 40.5 Å². The Morgan fingerprint density at radius 3 is 1.89 bits per heavy atom. The fraction of sp³-hybridized carbons (Fsp3) is 0.500. The summed E-state index contributed by atoms with van der Waals surface area (Å²) in [5, 5.41) is 0.000348. The van der Waals surface area contributed by atoms with Gasteiger partial charge in [-0.15, -0.1) is 0 Å². The highest BCUT2D eigenvalue weighted by Gasteiger charge is 2.46. The molecule has 2 aromatic rings. The molecule has 0 saturated heterocycles. The van der Waals surface area contributed by atoms with Crippen molar-refractivity contribution >= 4 is 56.9 Å². The highest BCUT2D eigenvalue weighted by molar-refractivity contribution is 7.87. The van der Waals surface area contributed by atoms with Crippen molar-refractivity contribution in [2.24, 2.45) is 0 Å². The van der Waals surface area contributed by atoms with Crippen molar-refractivity contribution in [3.8, 4) is 0 Å². The van der Waals surface area contributed by atoms with Crippen molar-refractivity contribution in [1.82, 2.24) is 0 Å². The van der Waals surface area contributed by atoms with E-state index in [0.717, 1.165) is 6.07 Å². The van der Waals surface area contributed by atoms with E-state index in [9.17, 15) is 47.3 Å². The van der Waals surface area contributed by atoms with E-state index in [2.05, 4.69) is 0 Å². The molecule has 1 heterocycles. The standard InChI is InChI=1S/C20H27NO12S4/c1-13-20(2,7-3-9-34(22,23)24)19-16-11-14(36(28,29)30)12-18(37(31,32)33)15(16)5-6-17(19)21(13)8-4-10-35(25,26)27/h5-6,11-13H,3-4,7-10H2,1-2H3,(H,22,23,24)(H,25,26,27)(H,28,29,30)(H,31,32,33). The maximum absolute atomic E-state index is 12.1. The van der Waals surface area contributed by atoms with Crippen molar-refractivity contribution < 1.29 is 51.9 Å². The smallest absolute Gasteiger partial charge is 0.295 e. The maximum atomic E-state index is 12.1. The predicted octanol–water partition coefficient (Wildman–Crippen LogP) is 1.75. The molecule has 0 amide bonds. The summed E-state index contributed by atoms with van der Waals surface area (Å²) in [7, 11) is -18.4. The van der Waals surface area contributed by atoms with Crippen LogP contribution in [0.2, 0.25) is 0 Å². The quantitative estimate of drug-likeness (QED) is 0.285. The van der Waals surface area contributed by atoms with Crippen LogP contribution in [-0.2, 0) is 45.9 Å². The van der Waals surface area contributed by atoms with Gasteiger partial charge >= 0.3 is 0 Å². The van der Waals surface area contributed by atoms with Crippen molar-refractivity contribution in [1.29, 1.82) is 0 Å². The molecule has 0 spiro atoms. The summed E-state index contributed by atoms with van der Waals surface area (Å²) in [5.74, 6) is -1.12. The molecule has 0 bridgehead atoms. The zero-order chi connectivity index (χ0) is 28.2. The molecule has 0 aliphatic carbocycles. The molecule has 4 N–H and O–H groups in total. The molecule has 0 radical (unpaired) electrons. The van der Waals surface area contributed by atoms with Gasteiger partial charge in [0.1, 0.15) is 4.90 Å². The Morgan fingerprint density at radius 2 is 1.38 bits per heavy atom. The first-order valence-electron chi connectivity index (χ1n) is 10.9. The lowest BCUT2D eigenvalue weighted by atomic mass is 9.74. The molecule has 2 atom stereocenters.